The van der Waals surface area contributed by atoms with Crippen LogP contribution in [0.4, 0.5) is 0 Å². The van der Waals surface area contributed by atoms with Crippen LogP contribution in [-0.4, -0.2) is 39.5 Å². The lowest BCUT2D eigenvalue weighted by Crippen LogP contribution is -2.37. The van der Waals surface area contributed by atoms with Gasteiger partial charge in [0.1, 0.15) is 5.25 Å². The third kappa shape index (κ3) is 3.48. The number of hydrogen-bond donors (Lipinski definition) is 1. The largest absolute Gasteiger partial charge is 0.376 e. The summed E-state index contributed by atoms with van der Waals surface area (Å²) in [6.45, 7) is 3.46. The van der Waals surface area contributed by atoms with E-state index >= 15 is 0 Å². The van der Waals surface area contributed by atoms with Gasteiger partial charge in [0.05, 0.1) is 6.10 Å². The maximum absolute atomic E-state index is 10.9. The molecule has 0 spiro atoms. The molecule has 0 amide bonds. The van der Waals surface area contributed by atoms with Crippen LogP contribution < -0.4 is 0 Å². The molecule has 0 fully saturated rings. The van der Waals surface area contributed by atoms with Crippen LogP contribution in [0.5, 0.6) is 0 Å². The van der Waals surface area contributed by atoms with Gasteiger partial charge in [-0.15, -0.1) is 0 Å². The van der Waals surface area contributed by atoms with Gasteiger partial charge in [0.2, 0.25) is 0 Å². The normalized spacial score (nSPS) is 29.0. The van der Waals surface area contributed by atoms with Gasteiger partial charge in [-0.2, -0.15) is 0 Å². The Bertz CT molecular complexity index is 220. The smallest absolute Gasteiger partial charge is 0.164 e. The summed E-state index contributed by atoms with van der Waals surface area (Å²) in [5.41, 5.74) is 0. The first-order valence-electron chi connectivity index (χ1n) is 4.97. The molecule has 0 aromatic rings. The molecular weight excluding hydrogens is 202 g/mol. The molecule has 1 rings (SSSR count). The molecule has 3 atom stereocenters. The Hall–Kier alpha value is -0.260. The second-order valence-corrected chi connectivity index (χ2v) is 4.44. The SMILES string of the molecule is CCCCOC1CCN=CC1S(=O)O. The molecule has 14 heavy (non-hydrogen) atoms. The van der Waals surface area contributed by atoms with E-state index in [1.165, 1.54) is 0 Å². The lowest BCUT2D eigenvalue weighted by Gasteiger charge is -2.24. The Labute approximate surface area is 87.0 Å². The van der Waals surface area contributed by atoms with Crippen molar-refractivity contribution >= 4 is 17.3 Å². The van der Waals surface area contributed by atoms with Gasteiger partial charge in [-0.3, -0.25) is 4.99 Å². The highest BCUT2D eigenvalue weighted by Crippen LogP contribution is 2.13. The van der Waals surface area contributed by atoms with E-state index in [9.17, 15) is 4.21 Å². The Morgan fingerprint density at radius 3 is 3.14 bits per heavy atom. The lowest BCUT2D eigenvalue weighted by atomic mass is 10.1. The summed E-state index contributed by atoms with van der Waals surface area (Å²) in [5.74, 6) is 0. The molecule has 0 bridgehead atoms. The Balaban J connectivity index is 2.41. The number of hydrogen-bond acceptors (Lipinski definition) is 3. The Morgan fingerprint density at radius 1 is 1.71 bits per heavy atom. The molecule has 1 heterocycles. The predicted octanol–water partition coefficient (Wildman–Crippen LogP) is 1.24. The van der Waals surface area contributed by atoms with Crippen molar-refractivity contribution in [2.75, 3.05) is 13.2 Å². The topological polar surface area (TPSA) is 58.9 Å². The minimum Gasteiger partial charge on any atom is -0.376 e. The summed E-state index contributed by atoms with van der Waals surface area (Å²) in [6.07, 6.45) is 4.24. The molecule has 0 aromatic carbocycles. The van der Waals surface area contributed by atoms with Gasteiger partial charge < -0.3 is 9.29 Å². The van der Waals surface area contributed by atoms with E-state index in [1.807, 2.05) is 0 Å². The van der Waals surface area contributed by atoms with Crippen molar-refractivity contribution in [2.24, 2.45) is 4.99 Å². The van der Waals surface area contributed by atoms with Gasteiger partial charge in [-0.25, -0.2) is 4.21 Å². The summed E-state index contributed by atoms with van der Waals surface area (Å²) in [5, 5.41) is -0.444. The molecule has 3 unspecified atom stereocenters. The summed E-state index contributed by atoms with van der Waals surface area (Å²) in [6, 6.07) is 0. The minimum atomic E-state index is -1.86. The molecule has 82 valence electrons. The highest BCUT2D eigenvalue weighted by molar-refractivity contribution is 7.80. The van der Waals surface area contributed by atoms with E-state index in [1.54, 1.807) is 6.21 Å². The molecule has 1 N–H and O–H groups in total. The van der Waals surface area contributed by atoms with E-state index in [2.05, 4.69) is 11.9 Å². The van der Waals surface area contributed by atoms with Gasteiger partial charge in [0.15, 0.2) is 11.1 Å². The highest BCUT2D eigenvalue weighted by Gasteiger charge is 2.27. The third-order valence-corrected chi connectivity index (χ3v) is 3.12. The summed E-state index contributed by atoms with van der Waals surface area (Å²) >= 11 is -1.86. The van der Waals surface area contributed by atoms with Crippen molar-refractivity contribution in [3.05, 3.63) is 0 Å². The molecule has 1 aliphatic heterocycles. The zero-order valence-corrected chi connectivity index (χ0v) is 9.20. The van der Waals surface area contributed by atoms with Crippen LogP contribution in [0.25, 0.3) is 0 Å². The van der Waals surface area contributed by atoms with E-state index in [4.69, 9.17) is 9.29 Å². The first-order chi connectivity index (χ1) is 6.75. The van der Waals surface area contributed by atoms with Crippen molar-refractivity contribution < 1.29 is 13.5 Å². The standard InChI is InChI=1S/C9H17NO3S/c1-2-3-6-13-8-4-5-10-7-9(8)14(11)12/h7-9H,2-6H2,1H3,(H,11,12). The van der Waals surface area contributed by atoms with Crippen molar-refractivity contribution in [3.63, 3.8) is 0 Å². The van der Waals surface area contributed by atoms with Crippen LogP contribution in [0, 0.1) is 0 Å². The van der Waals surface area contributed by atoms with Crippen LogP contribution in [0.3, 0.4) is 0 Å². The summed E-state index contributed by atoms with van der Waals surface area (Å²) in [4.78, 5) is 4.00. The monoisotopic (exact) mass is 219 g/mol. The molecule has 0 saturated heterocycles. The van der Waals surface area contributed by atoms with E-state index in [0.29, 0.717) is 13.2 Å². The van der Waals surface area contributed by atoms with Gasteiger partial charge >= 0.3 is 0 Å². The van der Waals surface area contributed by atoms with Gasteiger partial charge in [0.25, 0.3) is 0 Å². The number of ether oxygens (including phenoxy) is 1. The molecule has 1 aliphatic rings. The van der Waals surface area contributed by atoms with Crippen LogP contribution in [0.15, 0.2) is 4.99 Å². The predicted molar refractivity (Wildman–Crippen MR) is 57.2 cm³/mol. The number of aliphatic imine (C=N–C) groups is 1. The van der Waals surface area contributed by atoms with Crippen LogP contribution in [0.1, 0.15) is 26.2 Å². The molecule has 4 nitrogen and oxygen atoms in total. The maximum Gasteiger partial charge on any atom is 0.164 e. The van der Waals surface area contributed by atoms with Gasteiger partial charge in [-0.05, 0) is 12.8 Å². The molecular formula is C9H17NO3S. The summed E-state index contributed by atoms with van der Waals surface area (Å²) < 4.78 is 25.5. The van der Waals surface area contributed by atoms with E-state index in [0.717, 1.165) is 19.3 Å². The zero-order chi connectivity index (χ0) is 10.4. The minimum absolute atomic E-state index is 0.134. The summed E-state index contributed by atoms with van der Waals surface area (Å²) in [7, 11) is 0. The fourth-order valence-corrected chi connectivity index (χ4v) is 2.04. The molecule has 0 aromatic heterocycles. The average Bonchev–Trinajstić information content (AvgIpc) is 2.19. The molecule has 0 saturated carbocycles. The first kappa shape index (κ1) is 11.8. The fraction of sp³-hybridized carbons (Fsp3) is 0.889. The maximum atomic E-state index is 10.9. The van der Waals surface area contributed by atoms with Crippen molar-refractivity contribution in [1.82, 2.24) is 0 Å². The van der Waals surface area contributed by atoms with Crippen LogP contribution in [-0.2, 0) is 15.8 Å². The number of unbranched alkanes of at least 4 members (excludes halogenated alkanes) is 1. The van der Waals surface area contributed by atoms with Gasteiger partial charge in [-0.1, -0.05) is 13.3 Å². The Kier molecular flexibility index (Phi) is 5.29. The van der Waals surface area contributed by atoms with E-state index < -0.39 is 16.3 Å². The van der Waals surface area contributed by atoms with Crippen LogP contribution >= 0.6 is 0 Å². The third-order valence-electron chi connectivity index (χ3n) is 2.22. The lowest BCUT2D eigenvalue weighted by molar-refractivity contribution is 0.0522. The molecule has 5 heteroatoms. The second kappa shape index (κ2) is 6.27. The molecule has 0 radical (unpaired) electrons. The van der Waals surface area contributed by atoms with Crippen molar-refractivity contribution in [3.8, 4) is 0 Å². The number of nitrogens with zero attached hydrogens (tertiary/aromatic N) is 1. The fourth-order valence-electron chi connectivity index (χ4n) is 1.38. The van der Waals surface area contributed by atoms with E-state index in [-0.39, 0.29) is 6.10 Å². The van der Waals surface area contributed by atoms with Crippen LogP contribution in [0.2, 0.25) is 0 Å². The Morgan fingerprint density at radius 2 is 2.50 bits per heavy atom. The van der Waals surface area contributed by atoms with Crippen molar-refractivity contribution in [1.29, 1.82) is 0 Å². The number of rotatable bonds is 5. The van der Waals surface area contributed by atoms with Gasteiger partial charge in [0, 0.05) is 19.4 Å². The highest BCUT2D eigenvalue weighted by atomic mass is 32.2. The quantitative estimate of drug-likeness (QED) is 0.559. The first-order valence-corrected chi connectivity index (χ1v) is 6.14. The second-order valence-electron chi connectivity index (χ2n) is 3.35. The average molecular weight is 219 g/mol. The van der Waals surface area contributed by atoms with Crippen molar-refractivity contribution in [2.45, 2.75) is 37.5 Å². The zero-order valence-electron chi connectivity index (χ0n) is 8.39. The molecule has 0 aliphatic carbocycles.